The molecule has 142 valence electrons. The Morgan fingerprint density at radius 1 is 1.03 bits per heavy atom. The highest BCUT2D eigenvalue weighted by molar-refractivity contribution is 5.83. The fourth-order valence-corrected chi connectivity index (χ4v) is 3.07. The van der Waals surface area contributed by atoms with Gasteiger partial charge in [-0.05, 0) is 54.3 Å². The van der Waals surface area contributed by atoms with E-state index in [9.17, 15) is 9.18 Å². The van der Waals surface area contributed by atoms with Crippen LogP contribution >= 0.6 is 0 Å². The van der Waals surface area contributed by atoms with Gasteiger partial charge in [-0.25, -0.2) is 13.9 Å². The van der Waals surface area contributed by atoms with E-state index in [1.54, 1.807) is 29.0 Å². The number of imidazole rings is 1. The molecule has 0 amide bonds. The van der Waals surface area contributed by atoms with Crippen molar-refractivity contribution in [1.82, 2.24) is 14.6 Å². The lowest BCUT2D eigenvalue weighted by atomic mass is 10.0. The second-order valence-corrected chi connectivity index (χ2v) is 6.88. The molecule has 0 unspecified atom stereocenters. The van der Waals surface area contributed by atoms with Crippen LogP contribution < -0.4 is 0 Å². The predicted molar refractivity (Wildman–Crippen MR) is 109 cm³/mol. The van der Waals surface area contributed by atoms with Crippen molar-refractivity contribution in [1.29, 1.82) is 0 Å². The largest absolute Gasteiger partial charge is 0.299 e. The number of halogens is 1. The Bertz CT molecular complexity index is 1250. The normalized spacial score (nSPS) is 10.6. The van der Waals surface area contributed by atoms with Crippen LogP contribution in [0.5, 0.6) is 0 Å². The number of nitrogens with zero attached hydrogens (tertiary/aromatic N) is 3. The maximum absolute atomic E-state index is 13.8. The van der Waals surface area contributed by atoms with Crippen molar-refractivity contribution in [2.24, 2.45) is 0 Å². The summed E-state index contributed by atoms with van der Waals surface area (Å²) in [5.41, 5.74) is 4.52. The van der Waals surface area contributed by atoms with Gasteiger partial charge in [0.05, 0.1) is 0 Å². The van der Waals surface area contributed by atoms with E-state index < -0.39 is 0 Å². The van der Waals surface area contributed by atoms with Crippen LogP contribution in [-0.4, -0.2) is 20.4 Å². The van der Waals surface area contributed by atoms with Gasteiger partial charge in [0.2, 0.25) is 0 Å². The predicted octanol–water partition coefficient (Wildman–Crippen LogP) is 3.93. The number of Topliss-reactive ketones (excluding diaryl/α,β-unsaturated/α-hetero) is 1. The number of hydrogen-bond donors (Lipinski definition) is 0. The van der Waals surface area contributed by atoms with Gasteiger partial charge in [0.15, 0.2) is 5.65 Å². The first-order chi connectivity index (χ1) is 14.1. The molecular formula is C24H18FN3O. The summed E-state index contributed by atoms with van der Waals surface area (Å²) in [7, 11) is 0. The fraction of sp³-hybridized carbons (Fsp3) is 0.125. The summed E-state index contributed by atoms with van der Waals surface area (Å²) >= 11 is 0. The summed E-state index contributed by atoms with van der Waals surface area (Å²) < 4.78 is 15.5. The topological polar surface area (TPSA) is 47.3 Å². The Kier molecular flexibility index (Phi) is 5.17. The molecule has 2 aromatic carbocycles. The number of carbonyl (C=O) groups excluding carboxylic acids is 1. The molecule has 0 saturated carbocycles. The van der Waals surface area contributed by atoms with Gasteiger partial charge in [-0.3, -0.25) is 4.79 Å². The highest BCUT2D eigenvalue weighted by Gasteiger charge is 2.09. The van der Waals surface area contributed by atoms with Crippen LogP contribution in [0.1, 0.15) is 27.9 Å². The molecule has 5 heteroatoms. The second-order valence-electron chi connectivity index (χ2n) is 6.88. The number of fused-ring (bicyclic) bond motifs is 1. The number of ketones is 1. The lowest BCUT2D eigenvalue weighted by Gasteiger charge is -2.05. The first-order valence-electron chi connectivity index (χ1n) is 9.25. The lowest BCUT2D eigenvalue weighted by Crippen LogP contribution is -2.08. The fourth-order valence-electron chi connectivity index (χ4n) is 3.07. The van der Waals surface area contributed by atoms with Crippen LogP contribution in [0.3, 0.4) is 0 Å². The zero-order chi connectivity index (χ0) is 20.2. The maximum Gasteiger partial charge on any atom is 0.153 e. The molecule has 0 fully saturated rings. The Morgan fingerprint density at radius 3 is 2.69 bits per heavy atom. The summed E-state index contributed by atoms with van der Waals surface area (Å²) in [6, 6.07) is 16.0. The Labute approximate surface area is 168 Å². The summed E-state index contributed by atoms with van der Waals surface area (Å²) in [4.78, 5) is 16.5. The van der Waals surface area contributed by atoms with Crippen molar-refractivity contribution >= 4 is 11.4 Å². The molecule has 2 heterocycles. The van der Waals surface area contributed by atoms with Crippen LogP contribution in [0.4, 0.5) is 4.39 Å². The monoisotopic (exact) mass is 383 g/mol. The highest BCUT2D eigenvalue weighted by atomic mass is 19.1. The Hall–Kier alpha value is -3.78. The third kappa shape index (κ3) is 4.56. The van der Waals surface area contributed by atoms with Crippen molar-refractivity contribution in [2.45, 2.75) is 19.8 Å². The minimum Gasteiger partial charge on any atom is -0.299 e. The quantitative estimate of drug-likeness (QED) is 0.502. The van der Waals surface area contributed by atoms with Gasteiger partial charge in [0.25, 0.3) is 0 Å². The minimum absolute atomic E-state index is 0.0221. The summed E-state index contributed by atoms with van der Waals surface area (Å²) in [5.74, 6) is 5.74. The van der Waals surface area contributed by atoms with Crippen LogP contribution in [-0.2, 0) is 17.6 Å². The number of carbonyl (C=O) groups is 1. The average Bonchev–Trinajstić information content (AvgIpc) is 3.18. The van der Waals surface area contributed by atoms with Crippen LogP contribution in [0.15, 0.2) is 67.0 Å². The number of hydrogen-bond acceptors (Lipinski definition) is 3. The van der Waals surface area contributed by atoms with Gasteiger partial charge in [0, 0.05) is 30.8 Å². The van der Waals surface area contributed by atoms with Gasteiger partial charge in [0.1, 0.15) is 17.3 Å². The van der Waals surface area contributed by atoms with Crippen LogP contribution in [0.2, 0.25) is 0 Å². The summed E-state index contributed by atoms with van der Waals surface area (Å²) in [6.07, 6.45) is 3.82. The second kappa shape index (κ2) is 8.07. The number of aryl methyl sites for hydroxylation is 1. The molecule has 0 aliphatic rings. The minimum atomic E-state index is -0.336. The molecule has 0 atom stereocenters. The standard InChI is InChI=1S/C24H18FN3O/c1-17-2-10-23(25)20(14-17)16-22(29)15-19-5-3-18(4-6-19)7-8-21-9-11-24-26-12-13-28(24)27-21/h2-6,9-14H,15-16H2,1H3. The molecule has 0 spiro atoms. The Morgan fingerprint density at radius 2 is 1.86 bits per heavy atom. The lowest BCUT2D eigenvalue weighted by molar-refractivity contribution is -0.117. The molecule has 0 aliphatic carbocycles. The van der Waals surface area contributed by atoms with Crippen molar-refractivity contribution in [3.63, 3.8) is 0 Å². The SMILES string of the molecule is Cc1ccc(F)c(CC(=O)Cc2ccc(C#Cc3ccc4nccn4n3)cc2)c1. The number of rotatable bonds is 4. The third-order valence-corrected chi connectivity index (χ3v) is 4.53. The molecule has 0 aliphatic heterocycles. The first-order valence-corrected chi connectivity index (χ1v) is 9.25. The van der Waals surface area contributed by atoms with E-state index in [0.29, 0.717) is 11.3 Å². The molecule has 0 radical (unpaired) electrons. The third-order valence-electron chi connectivity index (χ3n) is 4.53. The van der Waals surface area contributed by atoms with Gasteiger partial charge in [-0.2, -0.15) is 5.10 Å². The van der Waals surface area contributed by atoms with Gasteiger partial charge in [-0.1, -0.05) is 35.7 Å². The van der Waals surface area contributed by atoms with Gasteiger partial charge < -0.3 is 0 Å². The first kappa shape index (κ1) is 18.6. The van der Waals surface area contributed by atoms with Crippen molar-refractivity contribution in [3.8, 4) is 11.8 Å². The molecule has 0 N–H and O–H groups in total. The zero-order valence-electron chi connectivity index (χ0n) is 15.9. The van der Waals surface area contributed by atoms with Gasteiger partial charge >= 0.3 is 0 Å². The maximum atomic E-state index is 13.8. The van der Waals surface area contributed by atoms with Crippen LogP contribution in [0, 0.1) is 24.6 Å². The van der Waals surface area contributed by atoms with E-state index in [-0.39, 0.29) is 24.4 Å². The summed E-state index contributed by atoms with van der Waals surface area (Å²) in [5, 5.41) is 4.37. The molecule has 4 rings (SSSR count). The van der Waals surface area contributed by atoms with Crippen molar-refractivity contribution in [3.05, 3.63) is 101 Å². The summed E-state index contributed by atoms with van der Waals surface area (Å²) in [6.45, 7) is 1.89. The molecule has 2 aromatic heterocycles. The van der Waals surface area contributed by atoms with E-state index in [0.717, 1.165) is 22.3 Å². The number of benzene rings is 2. The van der Waals surface area contributed by atoms with Gasteiger partial charge in [-0.15, -0.1) is 0 Å². The molecule has 0 bridgehead atoms. The Balaban J connectivity index is 1.41. The zero-order valence-corrected chi connectivity index (χ0v) is 15.9. The highest BCUT2D eigenvalue weighted by Crippen LogP contribution is 2.13. The van der Waals surface area contributed by atoms with E-state index in [4.69, 9.17) is 0 Å². The molecule has 4 nitrogen and oxygen atoms in total. The number of aromatic nitrogens is 3. The van der Waals surface area contributed by atoms with Crippen molar-refractivity contribution < 1.29 is 9.18 Å². The average molecular weight is 383 g/mol. The van der Waals surface area contributed by atoms with E-state index in [2.05, 4.69) is 21.9 Å². The van der Waals surface area contributed by atoms with E-state index in [1.165, 1.54) is 6.07 Å². The smallest absolute Gasteiger partial charge is 0.153 e. The molecular weight excluding hydrogens is 365 g/mol. The van der Waals surface area contributed by atoms with E-state index in [1.807, 2.05) is 43.3 Å². The van der Waals surface area contributed by atoms with Crippen molar-refractivity contribution in [2.75, 3.05) is 0 Å². The molecule has 0 saturated heterocycles. The van der Waals surface area contributed by atoms with Crippen LogP contribution in [0.25, 0.3) is 5.65 Å². The van der Waals surface area contributed by atoms with E-state index >= 15 is 0 Å². The molecule has 29 heavy (non-hydrogen) atoms. The molecule has 4 aromatic rings.